The molecule has 0 atom stereocenters. The van der Waals surface area contributed by atoms with Crippen molar-refractivity contribution in [2.24, 2.45) is 0 Å². The molecule has 0 amide bonds. The number of unbranched alkanes of at least 4 members (excludes halogenated alkanes) is 6. The third-order valence-electron chi connectivity index (χ3n) is 15.3. The number of rotatable bonds is 20. The van der Waals surface area contributed by atoms with Gasteiger partial charge in [-0.1, -0.05) is 219 Å². The molecular weight excluding hydrogens is 771 g/mol. The average molecular weight is 840 g/mol. The quantitative estimate of drug-likeness (QED) is 0.0691. The maximum atomic E-state index is 2.71. The van der Waals surface area contributed by atoms with Gasteiger partial charge in [-0.3, -0.25) is 0 Å². The lowest BCUT2D eigenvalue weighted by atomic mass is 9.70. The summed E-state index contributed by atoms with van der Waals surface area (Å²) in [6, 6.07) is 63.2. The molecule has 7 aromatic carbocycles. The zero-order valence-corrected chi connectivity index (χ0v) is 39.1. The van der Waals surface area contributed by atoms with Crippen LogP contribution in [-0.4, -0.2) is 0 Å². The van der Waals surface area contributed by atoms with E-state index in [9.17, 15) is 0 Å². The molecule has 0 radical (unpaired) electrons. The molecule has 0 bridgehead atoms. The Labute approximate surface area is 385 Å². The van der Waals surface area contributed by atoms with E-state index in [-0.39, 0.29) is 11.0 Å². The van der Waals surface area contributed by atoms with E-state index in [1.807, 2.05) is 0 Å². The highest BCUT2D eigenvalue weighted by Gasteiger charge is 2.44. The highest BCUT2D eigenvalue weighted by atomic mass is 15.2. The first-order valence-electron chi connectivity index (χ1n) is 25.0. The van der Waals surface area contributed by atoms with Gasteiger partial charge < -0.3 is 4.90 Å². The van der Waals surface area contributed by atoms with E-state index in [1.54, 1.807) is 11.1 Å². The van der Waals surface area contributed by atoms with Gasteiger partial charge in [0.25, 0.3) is 0 Å². The summed E-state index contributed by atoms with van der Waals surface area (Å²) in [5.41, 5.74) is 20.6. The van der Waals surface area contributed by atoms with Crippen molar-refractivity contribution in [3.63, 3.8) is 0 Å². The Morgan fingerprint density at radius 2 is 0.969 bits per heavy atom. The normalized spacial score (nSPS) is 13.5. The van der Waals surface area contributed by atoms with Crippen molar-refractivity contribution in [1.29, 1.82) is 0 Å². The summed E-state index contributed by atoms with van der Waals surface area (Å²) in [5, 5.41) is 0. The van der Waals surface area contributed by atoms with Crippen LogP contribution in [0, 0.1) is 0 Å². The van der Waals surface area contributed by atoms with Crippen molar-refractivity contribution >= 4 is 11.4 Å². The number of aryl methyl sites for hydroxylation is 2. The molecule has 0 heterocycles. The van der Waals surface area contributed by atoms with Crippen LogP contribution in [0.5, 0.6) is 0 Å². The first kappa shape index (κ1) is 43.6. The molecule has 64 heavy (non-hydrogen) atoms. The van der Waals surface area contributed by atoms with Gasteiger partial charge in [0.05, 0.1) is 5.54 Å². The minimum atomic E-state index is -0.227. The Kier molecular flexibility index (Phi) is 13.4. The van der Waals surface area contributed by atoms with Crippen LogP contribution in [0.2, 0.25) is 0 Å². The van der Waals surface area contributed by atoms with Gasteiger partial charge in [-0.15, -0.1) is 0 Å². The number of hydrogen-bond acceptors (Lipinski definition) is 1. The van der Waals surface area contributed by atoms with Crippen molar-refractivity contribution in [1.82, 2.24) is 0 Å². The SMILES string of the molecule is CCCCCCC1(CCCCCC)c2ccccc2-c2ccc(N(c3ccc(-c4ccc(Cc5ccc(-c6ccc7c(c6)CC7)cc5)cc4)cc3)C(CC)(CC)c3ccccc3)cc21. The minimum absolute atomic E-state index is 0.0328. The van der Waals surface area contributed by atoms with E-state index in [0.29, 0.717) is 0 Å². The number of benzene rings is 7. The maximum absolute atomic E-state index is 2.71. The zero-order valence-electron chi connectivity index (χ0n) is 39.1. The molecule has 0 aliphatic heterocycles. The molecule has 9 rings (SSSR count). The highest BCUT2D eigenvalue weighted by Crippen LogP contribution is 2.56. The van der Waals surface area contributed by atoms with Crippen LogP contribution in [0.3, 0.4) is 0 Å². The third-order valence-corrected chi connectivity index (χ3v) is 15.3. The third kappa shape index (κ3) is 8.52. The molecule has 326 valence electrons. The Hall–Kier alpha value is -5.66. The summed E-state index contributed by atoms with van der Waals surface area (Å²) < 4.78 is 0. The van der Waals surface area contributed by atoms with E-state index in [1.165, 1.54) is 150 Å². The molecule has 0 saturated carbocycles. The highest BCUT2D eigenvalue weighted by molar-refractivity contribution is 5.84. The van der Waals surface area contributed by atoms with E-state index in [4.69, 9.17) is 0 Å². The molecule has 0 N–H and O–H groups in total. The van der Waals surface area contributed by atoms with Crippen molar-refractivity contribution in [3.8, 4) is 33.4 Å². The molecule has 2 aliphatic rings. The van der Waals surface area contributed by atoms with Crippen molar-refractivity contribution < 1.29 is 0 Å². The van der Waals surface area contributed by atoms with Gasteiger partial charge in [-0.25, -0.2) is 0 Å². The Bertz CT molecular complexity index is 2600. The summed E-state index contributed by atoms with van der Waals surface area (Å²) >= 11 is 0. The van der Waals surface area contributed by atoms with E-state index >= 15 is 0 Å². The van der Waals surface area contributed by atoms with Crippen LogP contribution >= 0.6 is 0 Å². The molecule has 7 aromatic rings. The number of anilines is 2. The lowest BCUT2D eigenvalue weighted by Crippen LogP contribution is -2.43. The predicted octanol–water partition coefficient (Wildman–Crippen LogP) is 17.8. The molecule has 0 aromatic heterocycles. The second kappa shape index (κ2) is 19.6. The van der Waals surface area contributed by atoms with Crippen molar-refractivity contribution in [2.75, 3.05) is 4.90 Å². The Balaban J connectivity index is 1.04. The maximum Gasteiger partial charge on any atom is 0.0697 e. The molecule has 1 heteroatoms. The summed E-state index contributed by atoms with van der Waals surface area (Å²) in [6.45, 7) is 9.44. The monoisotopic (exact) mass is 840 g/mol. The second-order valence-corrected chi connectivity index (χ2v) is 19.0. The van der Waals surface area contributed by atoms with Gasteiger partial charge in [-0.2, -0.15) is 0 Å². The lowest BCUT2D eigenvalue weighted by molar-refractivity contribution is 0.397. The number of nitrogens with zero attached hydrogens (tertiary/aromatic N) is 1. The van der Waals surface area contributed by atoms with Gasteiger partial charge in [-0.05, 0) is 142 Å². The fourth-order valence-electron chi connectivity index (χ4n) is 11.5. The second-order valence-electron chi connectivity index (χ2n) is 19.0. The topological polar surface area (TPSA) is 3.24 Å². The molecule has 0 saturated heterocycles. The average Bonchev–Trinajstić information content (AvgIpc) is 3.61. The Morgan fingerprint density at radius 3 is 1.55 bits per heavy atom. The number of fused-ring (bicyclic) bond motifs is 4. The smallest absolute Gasteiger partial charge is 0.0697 e. The minimum Gasteiger partial charge on any atom is -0.331 e. The predicted molar refractivity (Wildman–Crippen MR) is 275 cm³/mol. The van der Waals surface area contributed by atoms with E-state index in [2.05, 4.69) is 196 Å². The standard InChI is InChI=1S/C63H69N/c1-5-9-11-18-42-62(43-19-12-10-6-2)60-23-17-16-22-58(60)59-41-40-57(46-61(59)62)64(63(7-3,8-4)55-20-14-13-15-21-55)56-38-36-50(37-39-56)49-28-24-47(25-29-49)44-48-26-30-51(31-27-48)53-34-32-52-33-35-54(52)45-53/h13-17,20-32,34,36-41,45-46H,5-12,18-19,33,35,42-44H2,1-4H3. The van der Waals surface area contributed by atoms with Crippen LogP contribution in [0.4, 0.5) is 11.4 Å². The molecule has 2 aliphatic carbocycles. The molecular formula is C63H69N. The Morgan fingerprint density at radius 1 is 0.438 bits per heavy atom. The zero-order chi connectivity index (χ0) is 43.9. The van der Waals surface area contributed by atoms with Gasteiger partial charge in [0.15, 0.2) is 0 Å². The van der Waals surface area contributed by atoms with Crippen LogP contribution in [-0.2, 0) is 30.2 Å². The first-order valence-corrected chi connectivity index (χ1v) is 25.0. The van der Waals surface area contributed by atoms with Crippen LogP contribution < -0.4 is 4.90 Å². The first-order chi connectivity index (χ1) is 31.5. The van der Waals surface area contributed by atoms with E-state index in [0.717, 1.165) is 19.3 Å². The van der Waals surface area contributed by atoms with E-state index < -0.39 is 0 Å². The fraction of sp³-hybridized carbons (Fsp3) is 0.333. The molecule has 0 spiro atoms. The number of hydrogen-bond donors (Lipinski definition) is 0. The summed E-state index contributed by atoms with van der Waals surface area (Å²) in [4.78, 5) is 2.71. The van der Waals surface area contributed by atoms with Gasteiger partial charge in [0.2, 0.25) is 0 Å². The van der Waals surface area contributed by atoms with Crippen molar-refractivity contribution in [2.45, 2.75) is 135 Å². The molecule has 1 nitrogen and oxygen atoms in total. The van der Waals surface area contributed by atoms with Crippen molar-refractivity contribution in [3.05, 3.63) is 203 Å². The van der Waals surface area contributed by atoms with Crippen LogP contribution in [0.25, 0.3) is 33.4 Å². The largest absolute Gasteiger partial charge is 0.331 e. The van der Waals surface area contributed by atoms with Gasteiger partial charge in [0, 0.05) is 16.8 Å². The van der Waals surface area contributed by atoms with Gasteiger partial charge >= 0.3 is 0 Å². The summed E-state index contributed by atoms with van der Waals surface area (Å²) in [6.07, 6.45) is 18.1. The summed E-state index contributed by atoms with van der Waals surface area (Å²) in [7, 11) is 0. The van der Waals surface area contributed by atoms with Crippen LogP contribution in [0.15, 0.2) is 164 Å². The molecule has 0 fully saturated rings. The van der Waals surface area contributed by atoms with Crippen LogP contribution in [0.1, 0.15) is 144 Å². The fourth-order valence-corrected chi connectivity index (χ4v) is 11.5. The van der Waals surface area contributed by atoms with Gasteiger partial charge in [0.1, 0.15) is 0 Å². The lowest BCUT2D eigenvalue weighted by Gasteiger charge is -2.46. The summed E-state index contributed by atoms with van der Waals surface area (Å²) in [5.74, 6) is 0. The molecule has 0 unspecified atom stereocenters.